The van der Waals surface area contributed by atoms with Gasteiger partial charge in [0.25, 0.3) is 0 Å². The predicted molar refractivity (Wildman–Crippen MR) is 168 cm³/mol. The van der Waals surface area contributed by atoms with E-state index in [0.29, 0.717) is 10.8 Å². The summed E-state index contributed by atoms with van der Waals surface area (Å²) < 4.78 is 24.3. The van der Waals surface area contributed by atoms with Crippen molar-refractivity contribution in [2.45, 2.75) is 39.7 Å². The van der Waals surface area contributed by atoms with E-state index in [2.05, 4.69) is 30.8 Å². The number of aryl methyl sites for hydroxylation is 2. The van der Waals surface area contributed by atoms with Gasteiger partial charge in [-0.3, -0.25) is 5.10 Å². The number of hydrogen-bond donors (Lipinski definition) is 3. The molecular formula is C31H34ClFN6O2S. The second kappa shape index (κ2) is 14.6. The number of aromatic amines is 1. The number of nitrogens with zero attached hydrogens (tertiary/aromatic N) is 3. The third-order valence-electron chi connectivity index (χ3n) is 6.72. The van der Waals surface area contributed by atoms with E-state index in [9.17, 15) is 4.39 Å². The van der Waals surface area contributed by atoms with Crippen LogP contribution >= 0.6 is 22.9 Å². The minimum absolute atomic E-state index is 0.230. The minimum atomic E-state index is -0.294. The third-order valence-corrected chi connectivity index (χ3v) is 8.19. The largest absolute Gasteiger partial charge is 0.487 e. The lowest BCUT2D eigenvalue weighted by Crippen LogP contribution is -2.15. The first-order valence-corrected chi connectivity index (χ1v) is 15.4. The van der Waals surface area contributed by atoms with Crippen molar-refractivity contribution in [3.8, 4) is 16.2 Å². The summed E-state index contributed by atoms with van der Waals surface area (Å²) in [6.07, 6.45) is 6.43. The molecule has 220 valence electrons. The average Bonchev–Trinajstić information content (AvgIpc) is 3.52. The molecule has 4 heterocycles. The Balaban J connectivity index is 0.000000341. The number of halogens is 2. The van der Waals surface area contributed by atoms with E-state index >= 15 is 0 Å². The highest BCUT2D eigenvalue weighted by Gasteiger charge is 2.25. The Bertz CT molecular complexity index is 1600. The highest BCUT2D eigenvalue weighted by molar-refractivity contribution is 7.22. The van der Waals surface area contributed by atoms with E-state index in [-0.39, 0.29) is 12.4 Å². The number of rotatable bonds is 5. The second-order valence-corrected chi connectivity index (χ2v) is 10.9. The molecule has 0 amide bonds. The van der Waals surface area contributed by atoms with Gasteiger partial charge in [0.2, 0.25) is 0 Å². The van der Waals surface area contributed by atoms with Crippen LogP contribution in [0.2, 0.25) is 5.02 Å². The lowest BCUT2D eigenvalue weighted by Gasteiger charge is -2.14. The molecule has 8 nitrogen and oxygen atoms in total. The van der Waals surface area contributed by atoms with E-state index in [1.54, 1.807) is 41.9 Å². The molecule has 42 heavy (non-hydrogen) atoms. The Morgan fingerprint density at radius 3 is 2.86 bits per heavy atom. The molecule has 5 aromatic rings. The van der Waals surface area contributed by atoms with Crippen LogP contribution in [0.15, 0.2) is 55.0 Å². The van der Waals surface area contributed by atoms with E-state index in [4.69, 9.17) is 21.1 Å². The van der Waals surface area contributed by atoms with Crippen LogP contribution < -0.4 is 15.4 Å². The molecule has 0 saturated carbocycles. The first-order chi connectivity index (χ1) is 20.7. The molecule has 2 aromatic carbocycles. The van der Waals surface area contributed by atoms with Gasteiger partial charge in [-0.15, -0.1) is 11.3 Å². The molecule has 0 radical (unpaired) electrons. The number of aromatic nitrogens is 4. The Morgan fingerprint density at radius 1 is 1.10 bits per heavy atom. The molecule has 1 aliphatic carbocycles. The molecule has 3 aromatic heterocycles. The van der Waals surface area contributed by atoms with Crippen LogP contribution in [-0.4, -0.2) is 46.5 Å². The maximum atomic E-state index is 13.4. The van der Waals surface area contributed by atoms with Crippen molar-refractivity contribution < 1.29 is 13.9 Å². The van der Waals surface area contributed by atoms with Gasteiger partial charge in [-0.1, -0.05) is 37.6 Å². The van der Waals surface area contributed by atoms with Gasteiger partial charge in [-0.2, -0.15) is 5.10 Å². The normalized spacial score (nSPS) is 13.9. The molecule has 11 heteroatoms. The monoisotopic (exact) mass is 608 g/mol. The van der Waals surface area contributed by atoms with Crippen molar-refractivity contribution in [1.29, 1.82) is 0 Å². The summed E-state index contributed by atoms with van der Waals surface area (Å²) in [5.74, 6) is 0.978. The Labute approximate surface area is 253 Å². The van der Waals surface area contributed by atoms with E-state index in [0.717, 1.165) is 77.7 Å². The lowest BCUT2D eigenvalue weighted by atomic mass is 9.95. The van der Waals surface area contributed by atoms with Crippen LogP contribution in [0, 0.1) is 5.82 Å². The second-order valence-electron chi connectivity index (χ2n) is 9.48. The molecule has 1 saturated heterocycles. The zero-order valence-corrected chi connectivity index (χ0v) is 25.2. The maximum absolute atomic E-state index is 13.4. The summed E-state index contributed by atoms with van der Waals surface area (Å²) in [6, 6.07) is 11.8. The topological polar surface area (TPSA) is 97.0 Å². The summed E-state index contributed by atoms with van der Waals surface area (Å²) in [6.45, 7) is 8.21. The van der Waals surface area contributed by atoms with Gasteiger partial charge in [-0.25, -0.2) is 14.4 Å². The Morgan fingerprint density at radius 2 is 2.00 bits per heavy atom. The quantitative estimate of drug-likeness (QED) is 0.192. The first-order valence-electron chi connectivity index (χ1n) is 14.2. The number of nitrogens with one attached hydrogen (secondary N) is 3. The number of thiophene rings is 1. The van der Waals surface area contributed by atoms with Gasteiger partial charge in [0.15, 0.2) is 0 Å². The first kappa shape index (κ1) is 29.9. The predicted octanol–water partition coefficient (Wildman–Crippen LogP) is 7.32. The highest BCUT2D eigenvalue weighted by Crippen LogP contribution is 2.45. The van der Waals surface area contributed by atoms with Gasteiger partial charge in [0.1, 0.15) is 35.1 Å². The van der Waals surface area contributed by atoms with Crippen LogP contribution in [0.4, 0.5) is 15.9 Å². The van der Waals surface area contributed by atoms with Gasteiger partial charge in [0, 0.05) is 35.0 Å². The van der Waals surface area contributed by atoms with Crippen molar-refractivity contribution in [3.63, 3.8) is 0 Å². The van der Waals surface area contributed by atoms with Gasteiger partial charge in [0.05, 0.1) is 23.2 Å². The molecule has 2 aliphatic rings. The van der Waals surface area contributed by atoms with Crippen molar-refractivity contribution in [1.82, 2.24) is 25.5 Å². The van der Waals surface area contributed by atoms with Crippen LogP contribution in [0.1, 0.15) is 37.1 Å². The summed E-state index contributed by atoms with van der Waals surface area (Å²) in [5.41, 5.74) is 5.08. The van der Waals surface area contributed by atoms with Crippen molar-refractivity contribution >= 4 is 44.7 Å². The minimum Gasteiger partial charge on any atom is -0.487 e. The molecular weight excluding hydrogens is 575 g/mol. The lowest BCUT2D eigenvalue weighted by molar-refractivity contribution is 0.151. The van der Waals surface area contributed by atoms with Gasteiger partial charge >= 0.3 is 0 Å². The number of ether oxygens (including phenoxy) is 2. The summed E-state index contributed by atoms with van der Waals surface area (Å²) in [5, 5.41) is 15.4. The van der Waals surface area contributed by atoms with Crippen LogP contribution in [0.25, 0.3) is 20.7 Å². The molecule has 3 N–H and O–H groups in total. The molecule has 0 spiro atoms. The number of fused-ring (bicyclic) bond motifs is 5. The summed E-state index contributed by atoms with van der Waals surface area (Å²) >= 11 is 8.13. The highest BCUT2D eigenvalue weighted by atomic mass is 35.5. The van der Waals surface area contributed by atoms with E-state index in [1.165, 1.54) is 29.0 Å². The number of H-pyrrole nitrogens is 1. The fourth-order valence-electron chi connectivity index (χ4n) is 4.78. The van der Waals surface area contributed by atoms with Gasteiger partial charge < -0.3 is 20.1 Å². The standard InChI is InChI=1S/C24H17ClFN5OS.C5H11NO.C2H6/c25-18-9-15(4-7-20(18)32-11-13-2-1-3-14(26)8-13)30-23-21-16-5-6-19-17(10-29-31-19)22(16)33-24(21)28-12-27-23;1-2-6-3-5-7-4-1;1-2/h1-4,7-10,12H,5-6,11H2,(H,29,31)(H,27,28,30);6H,1-5H2;1-2H3. The fourth-order valence-corrected chi connectivity index (χ4v) is 6.24. The number of benzene rings is 2. The smallest absolute Gasteiger partial charge is 0.142 e. The van der Waals surface area contributed by atoms with Crippen molar-refractivity contribution in [3.05, 3.63) is 82.6 Å². The van der Waals surface area contributed by atoms with Crippen LogP contribution in [0.5, 0.6) is 5.75 Å². The van der Waals surface area contributed by atoms with Crippen LogP contribution in [0.3, 0.4) is 0 Å². The van der Waals surface area contributed by atoms with E-state index < -0.39 is 0 Å². The molecule has 1 aliphatic heterocycles. The summed E-state index contributed by atoms with van der Waals surface area (Å²) in [4.78, 5) is 11.1. The molecule has 0 bridgehead atoms. The van der Waals surface area contributed by atoms with Crippen molar-refractivity contribution in [2.24, 2.45) is 0 Å². The molecule has 0 atom stereocenters. The molecule has 0 unspecified atom stereocenters. The van der Waals surface area contributed by atoms with Gasteiger partial charge in [-0.05, 0) is 67.3 Å². The SMILES string of the molecule is C1CNCCOC1.CC.Fc1cccc(COc2ccc(Nc3ncnc4sc5c(c34)CCc3[nH]ncc3-5)cc2Cl)c1. The average molecular weight is 609 g/mol. The number of anilines is 2. The van der Waals surface area contributed by atoms with Crippen molar-refractivity contribution in [2.75, 3.05) is 31.6 Å². The zero-order chi connectivity index (χ0) is 29.3. The number of hydrogen-bond acceptors (Lipinski definition) is 8. The maximum Gasteiger partial charge on any atom is 0.142 e. The molecule has 7 rings (SSSR count). The zero-order valence-electron chi connectivity index (χ0n) is 23.7. The Kier molecular flexibility index (Phi) is 10.4. The Hall–Kier alpha value is -3.57. The fraction of sp³-hybridized carbons (Fsp3) is 0.323. The third kappa shape index (κ3) is 7.07. The van der Waals surface area contributed by atoms with Crippen LogP contribution in [-0.2, 0) is 24.2 Å². The molecule has 1 fully saturated rings. The van der Waals surface area contributed by atoms with E-state index in [1.807, 2.05) is 26.1 Å². The summed E-state index contributed by atoms with van der Waals surface area (Å²) in [7, 11) is 0.